The zero-order valence-corrected chi connectivity index (χ0v) is 7.20. The average molecular weight is 132 g/mol. The molecular weight excluding hydrogens is 115 g/mol. The van der Waals surface area contributed by atoms with Gasteiger partial charge >= 0.3 is 52.2 Å². The van der Waals surface area contributed by atoms with Gasteiger partial charge in [-0.05, 0) is 0 Å². The molecule has 0 N–H and O–H groups in total. The van der Waals surface area contributed by atoms with E-state index in [9.17, 15) is 0 Å². The Balaban J connectivity index is 2.44. The van der Waals surface area contributed by atoms with Gasteiger partial charge in [0.25, 0.3) is 0 Å². The first-order valence-corrected chi connectivity index (χ1v) is 7.02. The summed E-state index contributed by atoms with van der Waals surface area (Å²) in [5.74, 6) is 1.05. The van der Waals surface area contributed by atoms with Crippen LogP contribution in [0.25, 0.3) is 0 Å². The molecule has 8 heavy (non-hydrogen) atoms. The molecule has 1 atom stereocenters. The summed E-state index contributed by atoms with van der Waals surface area (Å²) in [4.78, 5) is 0. The average Bonchev–Trinajstić information content (AvgIpc) is 1.82. The summed E-state index contributed by atoms with van der Waals surface area (Å²) in [7, 11) is -0.603. The molecule has 0 aromatic rings. The van der Waals surface area contributed by atoms with E-state index in [0.717, 1.165) is 5.92 Å². The van der Waals surface area contributed by atoms with Crippen LogP contribution >= 0.6 is 7.26 Å². The minimum atomic E-state index is -0.603. The maximum absolute atomic E-state index is 2.51. The van der Waals surface area contributed by atoms with Crippen LogP contribution in [0.3, 0.4) is 0 Å². The molecule has 1 heteroatoms. The molecule has 0 nitrogen and oxygen atoms in total. The van der Waals surface area contributed by atoms with E-state index in [1.54, 1.807) is 12.3 Å². The Hall–Kier alpha value is 0.430. The third-order valence-corrected chi connectivity index (χ3v) is 5.66. The van der Waals surface area contributed by atoms with E-state index in [2.05, 4.69) is 20.3 Å². The molecule has 1 saturated heterocycles. The van der Waals surface area contributed by atoms with E-state index >= 15 is 0 Å². The summed E-state index contributed by atoms with van der Waals surface area (Å²) in [6.45, 7) is 7.41. The van der Waals surface area contributed by atoms with Crippen molar-refractivity contribution < 1.29 is 0 Å². The molecule has 0 bridgehead atoms. The summed E-state index contributed by atoms with van der Waals surface area (Å²) in [5, 5.41) is 0. The Kier molecular flexibility index (Phi) is 1.63. The van der Waals surface area contributed by atoms with Crippen molar-refractivity contribution >= 4 is 7.26 Å². The molecule has 0 amide bonds. The molecule has 1 aliphatic rings. The quantitative estimate of drug-likeness (QED) is 0.442. The zero-order chi connectivity index (χ0) is 6.20. The fraction of sp³-hybridized carbons (Fsp3) is 1.00. The van der Waals surface area contributed by atoms with Crippen molar-refractivity contribution in [3.8, 4) is 0 Å². The Morgan fingerprint density at radius 2 is 2.00 bits per heavy atom. The molecule has 1 unspecified atom stereocenters. The summed E-state index contributed by atoms with van der Waals surface area (Å²) < 4.78 is 0. The van der Waals surface area contributed by atoms with Gasteiger partial charge in [0, 0.05) is 0 Å². The van der Waals surface area contributed by atoms with Gasteiger partial charge < -0.3 is 0 Å². The normalized spacial score (nSPS) is 39.6. The molecule has 50 valence electrons. The van der Waals surface area contributed by atoms with Gasteiger partial charge in [-0.25, -0.2) is 0 Å². The number of hydrogen-bond acceptors (Lipinski definition) is 0. The van der Waals surface area contributed by atoms with E-state index < -0.39 is 7.26 Å². The van der Waals surface area contributed by atoms with Crippen LogP contribution in [-0.2, 0) is 0 Å². The standard InChI is InChI=1S/C7H17P/c1-7-4-5-8(2,3)6-7/h7-8H,4-6H2,1-3H3. The Morgan fingerprint density at radius 3 is 2.12 bits per heavy atom. The molecule has 1 aliphatic heterocycles. The molecule has 0 saturated carbocycles. The van der Waals surface area contributed by atoms with Gasteiger partial charge in [-0.1, -0.05) is 0 Å². The molecule has 0 aliphatic carbocycles. The van der Waals surface area contributed by atoms with Crippen molar-refractivity contribution in [3.63, 3.8) is 0 Å². The predicted molar refractivity (Wildman–Crippen MR) is 43.7 cm³/mol. The van der Waals surface area contributed by atoms with Crippen LogP contribution in [0.2, 0.25) is 0 Å². The first kappa shape index (κ1) is 6.55. The molecule has 0 radical (unpaired) electrons. The van der Waals surface area contributed by atoms with Gasteiger partial charge in [-0.15, -0.1) is 0 Å². The van der Waals surface area contributed by atoms with E-state index in [4.69, 9.17) is 0 Å². The van der Waals surface area contributed by atoms with Gasteiger partial charge in [0.05, 0.1) is 0 Å². The Bertz CT molecular complexity index is 86.4. The van der Waals surface area contributed by atoms with Gasteiger partial charge in [0.1, 0.15) is 0 Å². The fourth-order valence-corrected chi connectivity index (χ4v) is 5.35. The summed E-state index contributed by atoms with van der Waals surface area (Å²) in [5.41, 5.74) is 0. The van der Waals surface area contributed by atoms with Crippen LogP contribution in [0.4, 0.5) is 0 Å². The maximum atomic E-state index is 2.51. The van der Waals surface area contributed by atoms with Crippen molar-refractivity contribution in [2.75, 3.05) is 25.7 Å². The molecule has 0 aromatic heterocycles. The van der Waals surface area contributed by atoms with Crippen LogP contribution in [-0.4, -0.2) is 25.7 Å². The first-order valence-electron chi connectivity index (χ1n) is 3.60. The Labute approximate surface area is 53.0 Å². The van der Waals surface area contributed by atoms with Crippen molar-refractivity contribution in [2.24, 2.45) is 5.92 Å². The molecule has 0 aromatic carbocycles. The summed E-state index contributed by atoms with van der Waals surface area (Å²) >= 11 is 0. The third-order valence-electron chi connectivity index (χ3n) is 2.21. The molecule has 0 spiro atoms. The molecular formula is C7H17P. The van der Waals surface area contributed by atoms with Gasteiger partial charge in [0.15, 0.2) is 0 Å². The van der Waals surface area contributed by atoms with Crippen molar-refractivity contribution in [1.29, 1.82) is 0 Å². The zero-order valence-electron chi connectivity index (χ0n) is 6.20. The predicted octanol–water partition coefficient (Wildman–Crippen LogP) is 2.04. The monoisotopic (exact) mass is 132 g/mol. The van der Waals surface area contributed by atoms with Crippen LogP contribution in [0.1, 0.15) is 13.3 Å². The van der Waals surface area contributed by atoms with Crippen molar-refractivity contribution in [3.05, 3.63) is 0 Å². The first-order chi connectivity index (χ1) is 3.60. The van der Waals surface area contributed by atoms with E-state index in [1.807, 2.05) is 0 Å². The van der Waals surface area contributed by atoms with Crippen LogP contribution in [0.15, 0.2) is 0 Å². The fourth-order valence-electron chi connectivity index (χ4n) is 1.78. The summed E-state index contributed by atoms with van der Waals surface area (Å²) in [6.07, 6.45) is 4.67. The van der Waals surface area contributed by atoms with Gasteiger partial charge in [-0.3, -0.25) is 0 Å². The van der Waals surface area contributed by atoms with E-state index in [1.165, 1.54) is 6.42 Å². The minimum absolute atomic E-state index is 0.603. The van der Waals surface area contributed by atoms with Gasteiger partial charge in [-0.2, -0.15) is 0 Å². The van der Waals surface area contributed by atoms with E-state index in [-0.39, 0.29) is 0 Å². The third kappa shape index (κ3) is 1.45. The second-order valence-electron chi connectivity index (χ2n) is 4.01. The topological polar surface area (TPSA) is 0 Å². The molecule has 1 fully saturated rings. The number of hydrogen-bond donors (Lipinski definition) is 0. The Morgan fingerprint density at radius 1 is 1.38 bits per heavy atom. The van der Waals surface area contributed by atoms with Crippen LogP contribution in [0.5, 0.6) is 0 Å². The van der Waals surface area contributed by atoms with Crippen molar-refractivity contribution in [2.45, 2.75) is 13.3 Å². The van der Waals surface area contributed by atoms with Crippen molar-refractivity contribution in [1.82, 2.24) is 0 Å². The second kappa shape index (κ2) is 1.99. The molecule has 1 heterocycles. The van der Waals surface area contributed by atoms with Crippen LogP contribution < -0.4 is 0 Å². The SMILES string of the molecule is CC1CC[PH](C)(C)C1. The van der Waals surface area contributed by atoms with Gasteiger partial charge in [0.2, 0.25) is 0 Å². The summed E-state index contributed by atoms with van der Waals surface area (Å²) in [6, 6.07) is 0. The van der Waals surface area contributed by atoms with Crippen LogP contribution in [0, 0.1) is 5.92 Å². The second-order valence-corrected chi connectivity index (χ2v) is 9.25. The van der Waals surface area contributed by atoms with E-state index in [0.29, 0.717) is 0 Å². The molecule has 1 rings (SSSR count). The number of rotatable bonds is 0.